The van der Waals surface area contributed by atoms with Gasteiger partial charge < -0.3 is 5.32 Å². The van der Waals surface area contributed by atoms with Crippen molar-refractivity contribution in [1.29, 1.82) is 0 Å². The van der Waals surface area contributed by atoms with Gasteiger partial charge in [-0.2, -0.15) is 0 Å². The van der Waals surface area contributed by atoms with E-state index in [2.05, 4.69) is 5.32 Å². The molecule has 2 aliphatic heterocycles. The Kier molecular flexibility index (Phi) is 5.96. The Hall–Kier alpha value is -2.93. The van der Waals surface area contributed by atoms with Gasteiger partial charge in [0, 0.05) is 11.3 Å². The molecule has 0 aromatic heterocycles. The predicted molar refractivity (Wildman–Crippen MR) is 127 cm³/mol. The number of nitrogens with one attached hydrogen (secondary N) is 1. The molecule has 0 spiro atoms. The number of aliphatic imine (C=N–C) groups is 2. The van der Waals surface area contributed by atoms with Crippen molar-refractivity contribution in [3.05, 3.63) is 59.7 Å². The molecule has 2 heterocycles. The van der Waals surface area contributed by atoms with Crippen LogP contribution in [-0.4, -0.2) is 39.0 Å². The van der Waals surface area contributed by atoms with Gasteiger partial charge >= 0.3 is 0 Å². The number of fused-ring (bicyclic) bond motifs is 3. The van der Waals surface area contributed by atoms with Crippen molar-refractivity contribution in [1.82, 2.24) is 4.90 Å². The van der Waals surface area contributed by atoms with Gasteiger partial charge in [0.1, 0.15) is 11.9 Å². The van der Waals surface area contributed by atoms with E-state index in [4.69, 9.17) is 9.98 Å². The Morgan fingerprint density at radius 2 is 1.87 bits per heavy atom. The second-order valence-electron chi connectivity index (χ2n) is 8.05. The fraction of sp³-hybridized carbons (Fsp3) is 0.333. The van der Waals surface area contributed by atoms with E-state index in [0.717, 1.165) is 22.5 Å². The molecule has 6 nitrogen and oxygen atoms in total. The molecule has 2 aliphatic rings. The van der Waals surface area contributed by atoms with Gasteiger partial charge in [0.15, 0.2) is 5.17 Å². The Morgan fingerprint density at radius 3 is 2.58 bits per heavy atom. The van der Waals surface area contributed by atoms with E-state index in [1.54, 1.807) is 4.90 Å². The molecule has 7 heteroatoms. The first-order chi connectivity index (χ1) is 14.9. The predicted octanol–water partition coefficient (Wildman–Crippen LogP) is 4.76. The number of hydrogen-bond donors (Lipinski definition) is 1. The van der Waals surface area contributed by atoms with Gasteiger partial charge in [0.2, 0.25) is 5.91 Å². The molecule has 2 amide bonds. The van der Waals surface area contributed by atoms with Gasteiger partial charge in [-0.05, 0) is 43.0 Å². The van der Waals surface area contributed by atoms with Gasteiger partial charge in [0.25, 0.3) is 5.91 Å². The Balaban J connectivity index is 1.64. The highest BCUT2D eigenvalue weighted by atomic mass is 32.2. The largest absolute Gasteiger partial charge is 0.325 e. The normalized spacial score (nSPS) is 18.3. The van der Waals surface area contributed by atoms with Crippen LogP contribution in [0.3, 0.4) is 0 Å². The number of amides is 2. The van der Waals surface area contributed by atoms with Crippen molar-refractivity contribution < 1.29 is 9.59 Å². The van der Waals surface area contributed by atoms with Crippen molar-refractivity contribution in [2.75, 3.05) is 5.32 Å². The summed E-state index contributed by atoms with van der Waals surface area (Å²) in [6.45, 7) is 7.91. The van der Waals surface area contributed by atoms with Gasteiger partial charge in [-0.15, -0.1) is 0 Å². The molecule has 2 aromatic carbocycles. The lowest BCUT2D eigenvalue weighted by molar-refractivity contribution is -0.125. The summed E-state index contributed by atoms with van der Waals surface area (Å²) >= 11 is 1.32. The molecule has 0 saturated heterocycles. The lowest BCUT2D eigenvalue weighted by Gasteiger charge is -2.27. The number of benzene rings is 2. The zero-order valence-corrected chi connectivity index (χ0v) is 18.9. The minimum Gasteiger partial charge on any atom is -0.325 e. The molecule has 0 saturated carbocycles. The monoisotopic (exact) mass is 434 g/mol. The number of nitrogens with zero attached hydrogens (tertiary/aromatic N) is 3. The minimum absolute atomic E-state index is 0.0790. The van der Waals surface area contributed by atoms with Crippen LogP contribution in [0.4, 0.5) is 11.4 Å². The maximum atomic E-state index is 13.2. The Morgan fingerprint density at radius 1 is 1.16 bits per heavy atom. The zero-order valence-electron chi connectivity index (χ0n) is 18.1. The minimum atomic E-state index is -0.437. The second-order valence-corrected chi connectivity index (χ2v) is 9.22. The van der Waals surface area contributed by atoms with Crippen LogP contribution in [0.1, 0.15) is 38.3 Å². The third kappa shape index (κ3) is 4.02. The molecule has 2 atom stereocenters. The van der Waals surface area contributed by atoms with Crippen LogP contribution in [0.15, 0.2) is 58.5 Å². The number of amidine groups is 2. The maximum absolute atomic E-state index is 13.2. The van der Waals surface area contributed by atoms with Gasteiger partial charge in [0.05, 0.1) is 10.9 Å². The summed E-state index contributed by atoms with van der Waals surface area (Å²) in [5.41, 5.74) is 3.41. The van der Waals surface area contributed by atoms with Crippen LogP contribution in [0.25, 0.3) is 0 Å². The summed E-state index contributed by atoms with van der Waals surface area (Å²) < 4.78 is 0. The highest BCUT2D eigenvalue weighted by Gasteiger charge is 2.43. The first-order valence-corrected chi connectivity index (χ1v) is 11.4. The molecular weight excluding hydrogens is 408 g/mol. The zero-order chi connectivity index (χ0) is 22.1. The van der Waals surface area contributed by atoms with Crippen molar-refractivity contribution in [2.24, 2.45) is 15.9 Å². The van der Waals surface area contributed by atoms with Gasteiger partial charge in [-0.25, -0.2) is 9.89 Å². The van der Waals surface area contributed by atoms with E-state index >= 15 is 0 Å². The quantitative estimate of drug-likeness (QED) is 0.737. The molecule has 0 bridgehead atoms. The number of hydrogen-bond acceptors (Lipinski definition) is 5. The summed E-state index contributed by atoms with van der Waals surface area (Å²) in [5, 5.41) is 3.14. The van der Waals surface area contributed by atoms with E-state index in [1.807, 2.05) is 76.2 Å². The first-order valence-electron chi connectivity index (χ1n) is 10.5. The van der Waals surface area contributed by atoms with Crippen LogP contribution in [0, 0.1) is 12.8 Å². The van der Waals surface area contributed by atoms with Crippen LogP contribution in [0.2, 0.25) is 0 Å². The van der Waals surface area contributed by atoms with E-state index < -0.39 is 11.3 Å². The molecule has 0 aliphatic carbocycles. The van der Waals surface area contributed by atoms with Crippen molar-refractivity contribution in [3.63, 3.8) is 0 Å². The number of para-hydroxylation sites is 2. The lowest BCUT2D eigenvalue weighted by Crippen LogP contribution is -2.43. The van der Waals surface area contributed by atoms with Gasteiger partial charge in [-0.3, -0.25) is 14.6 Å². The number of anilines is 1. The second kappa shape index (κ2) is 8.67. The van der Waals surface area contributed by atoms with E-state index in [1.165, 1.54) is 11.8 Å². The third-order valence-electron chi connectivity index (χ3n) is 5.44. The summed E-state index contributed by atoms with van der Waals surface area (Å²) in [6, 6.07) is 14.9. The molecular formula is C24H26N4O2S. The summed E-state index contributed by atoms with van der Waals surface area (Å²) in [6.07, 6.45) is 0.602. The first kappa shape index (κ1) is 21.3. The summed E-state index contributed by atoms with van der Waals surface area (Å²) in [7, 11) is 0. The Labute approximate surface area is 186 Å². The summed E-state index contributed by atoms with van der Waals surface area (Å²) in [4.78, 5) is 37.3. The lowest BCUT2D eigenvalue weighted by atomic mass is 10.1. The molecule has 0 fully saturated rings. The van der Waals surface area contributed by atoms with Gasteiger partial charge in [-0.1, -0.05) is 62.9 Å². The van der Waals surface area contributed by atoms with Crippen molar-refractivity contribution in [3.8, 4) is 0 Å². The number of carbonyl (C=O) groups is 2. The maximum Gasteiger partial charge on any atom is 0.259 e. The SMILES string of the molecule is CC[C@H](SC1=Nc2ccccc2C2=N[C@H](C(C)C)C(=O)N12)C(=O)Nc1ccccc1C. The molecule has 0 radical (unpaired) electrons. The average molecular weight is 435 g/mol. The number of aryl methyl sites for hydroxylation is 1. The molecule has 160 valence electrons. The summed E-state index contributed by atoms with van der Waals surface area (Å²) in [5.74, 6) is 0.523. The highest BCUT2D eigenvalue weighted by Crippen LogP contribution is 2.36. The van der Waals surface area contributed by atoms with Crippen molar-refractivity contribution in [2.45, 2.75) is 45.4 Å². The fourth-order valence-corrected chi connectivity index (χ4v) is 4.68. The highest BCUT2D eigenvalue weighted by molar-refractivity contribution is 8.15. The fourth-order valence-electron chi connectivity index (χ4n) is 3.66. The molecule has 2 aromatic rings. The molecule has 0 unspecified atom stereocenters. The number of carbonyl (C=O) groups excluding carboxylic acids is 2. The van der Waals surface area contributed by atoms with E-state index in [0.29, 0.717) is 17.4 Å². The third-order valence-corrected chi connectivity index (χ3v) is 6.76. The standard InChI is InChI=1S/C24H26N4O2S/c1-5-19(22(29)25-17-12-8-6-10-15(17)4)31-24-26-18-13-9-7-11-16(18)21-27-20(14(2)3)23(30)28(21)24/h6-14,19-20H,5H2,1-4H3,(H,25,29)/t19-,20+/m0/s1. The number of rotatable bonds is 5. The van der Waals surface area contributed by atoms with E-state index in [-0.39, 0.29) is 17.7 Å². The van der Waals surface area contributed by atoms with Crippen LogP contribution in [0.5, 0.6) is 0 Å². The van der Waals surface area contributed by atoms with Crippen LogP contribution >= 0.6 is 11.8 Å². The van der Waals surface area contributed by atoms with Crippen molar-refractivity contribution >= 4 is 46.0 Å². The molecule has 4 rings (SSSR count). The molecule has 1 N–H and O–H groups in total. The smallest absolute Gasteiger partial charge is 0.259 e. The topological polar surface area (TPSA) is 74.1 Å². The van der Waals surface area contributed by atoms with Crippen LogP contribution < -0.4 is 5.32 Å². The van der Waals surface area contributed by atoms with Crippen LogP contribution in [-0.2, 0) is 9.59 Å². The Bertz CT molecular complexity index is 1090. The molecule has 31 heavy (non-hydrogen) atoms. The number of thioether (sulfide) groups is 1. The van der Waals surface area contributed by atoms with E-state index in [9.17, 15) is 9.59 Å². The average Bonchev–Trinajstić information content (AvgIpc) is 3.11.